The minimum atomic E-state index is -0.491. The third kappa shape index (κ3) is 3.43. The highest BCUT2D eigenvalue weighted by molar-refractivity contribution is 9.13. The zero-order valence-corrected chi connectivity index (χ0v) is 12.3. The Morgan fingerprint density at radius 2 is 2.13 bits per heavy atom. The Morgan fingerprint density at radius 1 is 1.47 bits per heavy atom. The van der Waals surface area contributed by atoms with Crippen LogP contribution in [0, 0.1) is 0 Å². The highest BCUT2D eigenvalue weighted by Crippen LogP contribution is 2.35. The molecule has 0 radical (unpaired) electrons. The summed E-state index contributed by atoms with van der Waals surface area (Å²) in [5.41, 5.74) is 0.833. The predicted molar refractivity (Wildman–Crippen MR) is 69.8 cm³/mol. The van der Waals surface area contributed by atoms with Gasteiger partial charge >= 0.3 is 5.97 Å². The molecule has 0 amide bonds. The summed E-state index contributed by atoms with van der Waals surface area (Å²) in [5.74, 6) is -0.469. The number of benzene rings is 1. The molecule has 0 saturated heterocycles. The summed E-state index contributed by atoms with van der Waals surface area (Å²) >= 11 is 10.0. The molecule has 1 aromatic rings. The van der Waals surface area contributed by atoms with Crippen LogP contribution in [0.25, 0.3) is 0 Å². The van der Waals surface area contributed by atoms with Crippen LogP contribution in [0.5, 0.6) is 0 Å². The lowest BCUT2D eigenvalue weighted by molar-refractivity contribution is -0.139. The fourth-order valence-electron chi connectivity index (χ4n) is 0.909. The molecule has 0 aromatic heterocycles. The summed E-state index contributed by atoms with van der Waals surface area (Å²) < 4.78 is 6.78. The van der Waals surface area contributed by atoms with E-state index in [1.165, 1.54) is 0 Å². The highest BCUT2D eigenvalue weighted by atomic mass is 79.9. The first-order chi connectivity index (χ1) is 7.06. The molecule has 0 heterocycles. The molecule has 5 heteroatoms. The minimum Gasteiger partial charge on any atom is -0.443 e. The molecular weight excluding hydrogens is 392 g/mol. The van der Waals surface area contributed by atoms with Crippen molar-refractivity contribution in [1.29, 1.82) is 0 Å². The van der Waals surface area contributed by atoms with Crippen molar-refractivity contribution in [2.75, 3.05) is 0 Å². The van der Waals surface area contributed by atoms with E-state index >= 15 is 0 Å². The van der Waals surface area contributed by atoms with E-state index in [4.69, 9.17) is 4.74 Å². The number of carbonyl (C=O) groups is 1. The van der Waals surface area contributed by atoms with Crippen molar-refractivity contribution in [2.24, 2.45) is 0 Å². The monoisotopic (exact) mass is 396 g/mol. The molecule has 1 rings (SSSR count). The fraction of sp³-hybridized carbons (Fsp3) is 0.100. The molecule has 0 bridgehead atoms. The molecule has 0 N–H and O–H groups in total. The fourth-order valence-corrected chi connectivity index (χ4v) is 2.64. The Balaban J connectivity index is 2.91. The van der Waals surface area contributed by atoms with Crippen molar-refractivity contribution < 1.29 is 9.53 Å². The molecule has 1 unspecified atom stereocenters. The number of ether oxygens (including phenoxy) is 1. The number of carbonyl (C=O) groups excluding carboxylic acids is 1. The van der Waals surface area contributed by atoms with Crippen LogP contribution in [0.15, 0.2) is 39.8 Å². The van der Waals surface area contributed by atoms with Crippen LogP contribution in [0.2, 0.25) is 0 Å². The second-order valence-electron chi connectivity index (χ2n) is 2.60. The second kappa shape index (κ2) is 5.82. The zero-order valence-electron chi connectivity index (χ0n) is 7.54. The first kappa shape index (κ1) is 12.9. The SMILES string of the molecule is C=CC(=O)OC(Br)c1cccc(Br)c1Br. The largest absolute Gasteiger partial charge is 0.443 e. The predicted octanol–water partition coefficient (Wildman–Crippen LogP) is 4.33. The van der Waals surface area contributed by atoms with E-state index in [0.29, 0.717) is 0 Å². The number of esters is 1. The molecule has 0 saturated carbocycles. The summed E-state index contributed by atoms with van der Waals surface area (Å²) in [6.07, 6.45) is 1.13. The Labute approximate surface area is 113 Å². The molecule has 2 nitrogen and oxygen atoms in total. The maximum atomic E-state index is 11.0. The molecule has 1 atom stereocenters. The van der Waals surface area contributed by atoms with E-state index in [1.54, 1.807) is 0 Å². The van der Waals surface area contributed by atoms with E-state index in [2.05, 4.69) is 54.4 Å². The summed E-state index contributed by atoms with van der Waals surface area (Å²) in [4.78, 5) is 11.0. The van der Waals surface area contributed by atoms with E-state index in [-0.39, 0.29) is 0 Å². The van der Waals surface area contributed by atoms with Gasteiger partial charge in [0.25, 0.3) is 0 Å². The van der Waals surface area contributed by atoms with Gasteiger partial charge in [0.1, 0.15) is 0 Å². The van der Waals surface area contributed by atoms with Gasteiger partial charge in [-0.3, -0.25) is 0 Å². The third-order valence-electron chi connectivity index (χ3n) is 1.61. The normalized spacial score (nSPS) is 11.9. The lowest BCUT2D eigenvalue weighted by Crippen LogP contribution is -2.04. The van der Waals surface area contributed by atoms with Gasteiger partial charge in [-0.05, 0) is 53.9 Å². The van der Waals surface area contributed by atoms with Gasteiger partial charge in [0.2, 0.25) is 0 Å². The van der Waals surface area contributed by atoms with E-state index in [1.807, 2.05) is 18.2 Å². The number of rotatable bonds is 3. The molecule has 0 aliphatic rings. The van der Waals surface area contributed by atoms with Crippen LogP contribution >= 0.6 is 47.8 Å². The second-order valence-corrected chi connectivity index (χ2v) is 5.08. The minimum absolute atomic E-state index is 0.469. The number of halogens is 3. The number of hydrogen-bond acceptors (Lipinski definition) is 2. The van der Waals surface area contributed by atoms with E-state index < -0.39 is 11.0 Å². The lowest BCUT2D eigenvalue weighted by Gasteiger charge is -2.12. The van der Waals surface area contributed by atoms with Gasteiger partial charge in [-0.15, -0.1) is 0 Å². The molecule has 1 aromatic carbocycles. The maximum absolute atomic E-state index is 11.0. The van der Waals surface area contributed by atoms with Gasteiger partial charge in [0.15, 0.2) is 5.01 Å². The third-order valence-corrected chi connectivity index (χ3v) is 4.37. The summed E-state index contributed by atoms with van der Waals surface area (Å²) in [6.45, 7) is 3.33. The first-order valence-electron chi connectivity index (χ1n) is 3.97. The Bertz CT molecular complexity index is 390. The van der Waals surface area contributed by atoms with Crippen molar-refractivity contribution in [2.45, 2.75) is 5.01 Å². The van der Waals surface area contributed by atoms with E-state index in [9.17, 15) is 4.79 Å². The van der Waals surface area contributed by atoms with Crippen LogP contribution in [0.3, 0.4) is 0 Å². The van der Waals surface area contributed by atoms with Crippen molar-refractivity contribution in [1.82, 2.24) is 0 Å². The molecule has 0 spiro atoms. The van der Waals surface area contributed by atoms with Crippen LogP contribution in [0.4, 0.5) is 0 Å². The quantitative estimate of drug-likeness (QED) is 0.430. The average Bonchev–Trinajstić information content (AvgIpc) is 2.21. The summed E-state index contributed by atoms with van der Waals surface area (Å²) in [5, 5.41) is -0.491. The van der Waals surface area contributed by atoms with Gasteiger partial charge in [0.05, 0.1) is 0 Å². The maximum Gasteiger partial charge on any atom is 0.331 e. The zero-order chi connectivity index (χ0) is 11.4. The molecule has 0 aliphatic carbocycles. The molecule has 0 aliphatic heterocycles. The van der Waals surface area contributed by atoms with Crippen LogP contribution in [-0.4, -0.2) is 5.97 Å². The van der Waals surface area contributed by atoms with Crippen molar-refractivity contribution in [3.05, 3.63) is 45.4 Å². The average molecular weight is 399 g/mol. The van der Waals surface area contributed by atoms with Gasteiger partial charge < -0.3 is 4.74 Å². The first-order valence-corrected chi connectivity index (χ1v) is 6.47. The molecule has 80 valence electrons. The lowest BCUT2D eigenvalue weighted by atomic mass is 10.2. The summed E-state index contributed by atoms with van der Waals surface area (Å²) in [7, 11) is 0. The van der Waals surface area contributed by atoms with Gasteiger partial charge in [-0.25, -0.2) is 4.79 Å². The van der Waals surface area contributed by atoms with Crippen molar-refractivity contribution >= 4 is 53.8 Å². The van der Waals surface area contributed by atoms with Crippen LogP contribution in [-0.2, 0) is 9.53 Å². The van der Waals surface area contributed by atoms with Gasteiger partial charge in [-0.1, -0.05) is 18.7 Å². The standard InChI is InChI=1S/C10H7Br3O2/c1-2-8(14)15-10(13)6-4-3-5-7(11)9(6)12/h2-5,10H,1H2. The highest BCUT2D eigenvalue weighted by Gasteiger charge is 2.15. The van der Waals surface area contributed by atoms with Crippen molar-refractivity contribution in [3.63, 3.8) is 0 Å². The molecule has 0 fully saturated rings. The summed E-state index contributed by atoms with van der Waals surface area (Å²) in [6, 6.07) is 5.60. The van der Waals surface area contributed by atoms with Crippen molar-refractivity contribution in [3.8, 4) is 0 Å². The van der Waals surface area contributed by atoms with Crippen LogP contribution < -0.4 is 0 Å². The Hall–Kier alpha value is -0.130. The smallest absolute Gasteiger partial charge is 0.331 e. The molecule has 15 heavy (non-hydrogen) atoms. The number of alkyl halides is 1. The Kier molecular flexibility index (Phi) is 5.02. The topological polar surface area (TPSA) is 26.3 Å². The van der Waals surface area contributed by atoms with Gasteiger partial charge in [0, 0.05) is 20.6 Å². The molecular formula is C10H7Br3O2. The van der Waals surface area contributed by atoms with E-state index in [0.717, 1.165) is 20.6 Å². The van der Waals surface area contributed by atoms with Gasteiger partial charge in [-0.2, -0.15) is 0 Å². The van der Waals surface area contributed by atoms with Crippen LogP contribution in [0.1, 0.15) is 10.6 Å². The number of hydrogen-bond donors (Lipinski definition) is 0. The Morgan fingerprint density at radius 3 is 2.73 bits per heavy atom.